The molecule has 0 aliphatic rings. The Labute approximate surface area is 129 Å². The van der Waals surface area contributed by atoms with Crippen LogP contribution in [0, 0.1) is 20.8 Å². The number of hydrogen-bond acceptors (Lipinski definition) is 2. The average Bonchev–Trinajstić information content (AvgIpc) is 2.70. The van der Waals surface area contributed by atoms with Crippen molar-refractivity contribution in [3.8, 4) is 11.3 Å². The molecule has 108 valence electrons. The molecule has 1 N–H and O–H groups in total. The molecule has 0 radical (unpaired) electrons. The average molecular weight is 336 g/mol. The molecule has 0 spiro atoms. The summed E-state index contributed by atoms with van der Waals surface area (Å²) in [6.07, 6.45) is 0.925. The third kappa shape index (κ3) is 2.67. The molecule has 0 saturated heterocycles. The molecule has 2 rings (SSSR count). The summed E-state index contributed by atoms with van der Waals surface area (Å²) in [5.74, 6) is 0. The van der Waals surface area contributed by atoms with Crippen LogP contribution in [0.15, 0.2) is 16.6 Å². The lowest BCUT2D eigenvalue weighted by atomic mass is 9.97. The van der Waals surface area contributed by atoms with Crippen molar-refractivity contribution in [2.75, 3.05) is 13.6 Å². The van der Waals surface area contributed by atoms with E-state index in [1.165, 1.54) is 22.3 Å². The summed E-state index contributed by atoms with van der Waals surface area (Å²) in [7, 11) is 3.98. The largest absolute Gasteiger partial charge is 0.319 e. The lowest BCUT2D eigenvalue weighted by molar-refractivity contribution is 0.720. The predicted molar refractivity (Wildman–Crippen MR) is 88.2 cm³/mol. The van der Waals surface area contributed by atoms with Crippen molar-refractivity contribution < 1.29 is 0 Å². The molecule has 0 saturated carbocycles. The summed E-state index contributed by atoms with van der Waals surface area (Å²) in [5, 5.41) is 7.82. The number of aryl methyl sites for hydroxylation is 2. The Morgan fingerprint density at radius 3 is 2.55 bits per heavy atom. The van der Waals surface area contributed by atoms with Crippen molar-refractivity contribution in [2.45, 2.75) is 27.2 Å². The molecule has 3 nitrogen and oxygen atoms in total. The Morgan fingerprint density at radius 1 is 1.20 bits per heavy atom. The first-order valence-electron chi connectivity index (χ1n) is 6.90. The summed E-state index contributed by atoms with van der Waals surface area (Å²) in [6, 6.07) is 4.38. The maximum absolute atomic E-state index is 4.65. The van der Waals surface area contributed by atoms with Crippen molar-refractivity contribution in [3.63, 3.8) is 0 Å². The van der Waals surface area contributed by atoms with Gasteiger partial charge >= 0.3 is 0 Å². The zero-order valence-electron chi connectivity index (χ0n) is 12.8. The van der Waals surface area contributed by atoms with Gasteiger partial charge in [-0.15, -0.1) is 0 Å². The molecule has 1 aromatic carbocycles. The van der Waals surface area contributed by atoms with Gasteiger partial charge in [-0.05, 0) is 60.4 Å². The van der Waals surface area contributed by atoms with E-state index in [4.69, 9.17) is 0 Å². The van der Waals surface area contributed by atoms with Gasteiger partial charge in [0.05, 0.1) is 15.9 Å². The summed E-state index contributed by atoms with van der Waals surface area (Å²) in [4.78, 5) is 0. The van der Waals surface area contributed by atoms with Gasteiger partial charge in [0.25, 0.3) is 0 Å². The van der Waals surface area contributed by atoms with E-state index in [1.807, 2.05) is 18.8 Å². The lowest BCUT2D eigenvalue weighted by Gasteiger charge is -2.12. The van der Waals surface area contributed by atoms with E-state index in [2.05, 4.69) is 59.2 Å². The minimum absolute atomic E-state index is 0.925. The minimum atomic E-state index is 0.925. The van der Waals surface area contributed by atoms with E-state index in [0.29, 0.717) is 0 Å². The van der Waals surface area contributed by atoms with Crippen molar-refractivity contribution in [3.05, 3.63) is 39.0 Å². The lowest BCUT2D eigenvalue weighted by Crippen LogP contribution is -2.11. The zero-order chi connectivity index (χ0) is 14.9. The van der Waals surface area contributed by atoms with E-state index >= 15 is 0 Å². The van der Waals surface area contributed by atoms with E-state index in [1.54, 1.807) is 0 Å². The number of rotatable bonds is 4. The van der Waals surface area contributed by atoms with Crippen LogP contribution in [0.3, 0.4) is 0 Å². The Morgan fingerprint density at radius 2 is 1.90 bits per heavy atom. The molecule has 4 heteroatoms. The zero-order valence-corrected chi connectivity index (χ0v) is 14.4. The normalized spacial score (nSPS) is 11.1. The molecule has 0 aliphatic carbocycles. The molecule has 2 aromatic rings. The molecule has 1 aromatic heterocycles. The van der Waals surface area contributed by atoms with Gasteiger partial charge in [-0.2, -0.15) is 5.10 Å². The van der Waals surface area contributed by atoms with Gasteiger partial charge in [0.1, 0.15) is 0 Å². The molecule has 0 atom stereocenters. The SMILES string of the molecule is CNCCc1nn(C)c(-c2ccc(C)c(C)c2C)c1Br. The molecule has 0 unspecified atom stereocenters. The van der Waals surface area contributed by atoms with Gasteiger partial charge in [-0.3, -0.25) is 4.68 Å². The summed E-state index contributed by atoms with van der Waals surface area (Å²) >= 11 is 3.74. The van der Waals surface area contributed by atoms with Gasteiger partial charge in [-0.1, -0.05) is 12.1 Å². The second-order valence-corrected chi connectivity index (χ2v) is 6.06. The fraction of sp³-hybridized carbons (Fsp3) is 0.438. The van der Waals surface area contributed by atoms with Crippen molar-refractivity contribution >= 4 is 15.9 Å². The van der Waals surface area contributed by atoms with E-state index < -0.39 is 0 Å². The van der Waals surface area contributed by atoms with Crippen LogP contribution in [0.1, 0.15) is 22.4 Å². The molecule has 0 fully saturated rings. The number of benzene rings is 1. The first kappa shape index (κ1) is 15.3. The maximum atomic E-state index is 4.65. The highest BCUT2D eigenvalue weighted by Gasteiger charge is 2.17. The van der Waals surface area contributed by atoms with Crippen LogP contribution < -0.4 is 5.32 Å². The number of nitrogens with zero attached hydrogens (tertiary/aromatic N) is 2. The van der Waals surface area contributed by atoms with Crippen LogP contribution in [0.2, 0.25) is 0 Å². The van der Waals surface area contributed by atoms with Crippen LogP contribution in [-0.2, 0) is 13.5 Å². The highest BCUT2D eigenvalue weighted by atomic mass is 79.9. The number of aromatic nitrogens is 2. The van der Waals surface area contributed by atoms with Gasteiger partial charge < -0.3 is 5.32 Å². The second kappa shape index (κ2) is 6.10. The van der Waals surface area contributed by atoms with Gasteiger partial charge in [-0.25, -0.2) is 0 Å². The minimum Gasteiger partial charge on any atom is -0.319 e. The Bertz CT molecular complexity index is 629. The van der Waals surface area contributed by atoms with Crippen LogP contribution >= 0.6 is 15.9 Å². The van der Waals surface area contributed by atoms with E-state index in [9.17, 15) is 0 Å². The molecule has 0 amide bonds. The molecule has 0 bridgehead atoms. The number of hydrogen-bond donors (Lipinski definition) is 1. The molecular formula is C16H22BrN3. The summed E-state index contributed by atoms with van der Waals surface area (Å²) in [5.41, 5.74) is 7.54. The van der Waals surface area contributed by atoms with Crippen molar-refractivity contribution in [1.82, 2.24) is 15.1 Å². The second-order valence-electron chi connectivity index (χ2n) is 5.27. The highest BCUT2D eigenvalue weighted by molar-refractivity contribution is 9.10. The Balaban J connectivity index is 2.53. The van der Waals surface area contributed by atoms with Crippen LogP contribution in [-0.4, -0.2) is 23.4 Å². The first-order chi connectivity index (χ1) is 9.47. The quantitative estimate of drug-likeness (QED) is 0.926. The van der Waals surface area contributed by atoms with Crippen molar-refractivity contribution in [1.29, 1.82) is 0 Å². The number of likely N-dealkylation sites (N-methyl/N-ethyl adjacent to an activating group) is 1. The smallest absolute Gasteiger partial charge is 0.0826 e. The predicted octanol–water partition coefficient (Wildman–Crippen LogP) is 3.54. The third-order valence-corrected chi connectivity index (χ3v) is 4.81. The summed E-state index contributed by atoms with van der Waals surface area (Å²) < 4.78 is 3.09. The maximum Gasteiger partial charge on any atom is 0.0826 e. The van der Waals surface area contributed by atoms with Gasteiger partial charge in [0.15, 0.2) is 0 Å². The Hall–Kier alpha value is -1.13. The number of halogens is 1. The molecule has 0 aliphatic heterocycles. The number of nitrogens with one attached hydrogen (secondary N) is 1. The molecule has 1 heterocycles. The fourth-order valence-corrected chi connectivity index (χ4v) is 3.21. The van der Waals surface area contributed by atoms with Gasteiger partial charge in [0, 0.05) is 25.6 Å². The standard InChI is InChI=1S/C16H22BrN3/c1-10-6-7-13(12(3)11(10)2)16-15(17)14(8-9-18-4)19-20(16)5/h6-7,18H,8-9H2,1-5H3. The van der Waals surface area contributed by atoms with Crippen LogP contribution in [0.5, 0.6) is 0 Å². The van der Waals surface area contributed by atoms with Crippen LogP contribution in [0.4, 0.5) is 0 Å². The van der Waals surface area contributed by atoms with Gasteiger partial charge in [0.2, 0.25) is 0 Å². The third-order valence-electron chi connectivity index (χ3n) is 3.98. The summed E-state index contributed by atoms with van der Waals surface area (Å²) in [6.45, 7) is 7.45. The Kier molecular flexibility index (Phi) is 4.66. The van der Waals surface area contributed by atoms with Crippen LogP contribution in [0.25, 0.3) is 11.3 Å². The van der Waals surface area contributed by atoms with Crippen molar-refractivity contribution in [2.24, 2.45) is 7.05 Å². The molecule has 20 heavy (non-hydrogen) atoms. The first-order valence-corrected chi connectivity index (χ1v) is 7.69. The fourth-order valence-electron chi connectivity index (χ4n) is 2.46. The topological polar surface area (TPSA) is 29.9 Å². The monoisotopic (exact) mass is 335 g/mol. The highest BCUT2D eigenvalue weighted by Crippen LogP contribution is 2.34. The van der Waals surface area contributed by atoms with E-state index in [0.717, 1.165) is 28.8 Å². The molecular weight excluding hydrogens is 314 g/mol. The van der Waals surface area contributed by atoms with E-state index in [-0.39, 0.29) is 0 Å².